The molecule has 14 heteroatoms. The fourth-order valence-electron chi connectivity index (χ4n) is 8.08. The molecule has 2 aliphatic heterocycles. The smallest absolute Gasteiger partial charge is 0.297 e. The van der Waals surface area contributed by atoms with E-state index in [1.165, 1.54) is 5.52 Å². The van der Waals surface area contributed by atoms with Crippen molar-refractivity contribution in [2.45, 2.75) is 101 Å². The number of ether oxygens (including phenoxy) is 4. The minimum atomic E-state index is -3.69. The molecular formula is C43H46Br2N4O7S. The summed E-state index contributed by atoms with van der Waals surface area (Å²) in [6.07, 6.45) is 10.4. The van der Waals surface area contributed by atoms with E-state index < -0.39 is 15.9 Å². The third-order valence-electron chi connectivity index (χ3n) is 11.3. The molecule has 1 N–H and O–H groups in total. The zero-order chi connectivity index (χ0) is 40.4. The molecule has 4 fully saturated rings. The number of nitrogens with zero attached hydrogens (tertiary/aromatic N) is 3. The van der Waals surface area contributed by atoms with Gasteiger partial charge in [0.05, 0.1) is 50.6 Å². The van der Waals surface area contributed by atoms with Gasteiger partial charge in [0.1, 0.15) is 0 Å². The summed E-state index contributed by atoms with van der Waals surface area (Å²) in [7, 11) is -3.69. The maximum absolute atomic E-state index is 12.2. The number of fused-ring (bicyclic) bond motifs is 2. The first-order valence-corrected chi connectivity index (χ1v) is 22.2. The molecule has 0 atom stereocenters. The number of aromatic amines is 1. The molecule has 2 saturated carbocycles. The highest BCUT2D eigenvalue weighted by atomic mass is 79.9. The van der Waals surface area contributed by atoms with E-state index in [-0.39, 0.29) is 16.8 Å². The molecule has 2 saturated heterocycles. The molecule has 300 valence electrons. The molecule has 0 bridgehead atoms. The molecule has 2 spiro atoms. The van der Waals surface area contributed by atoms with Crippen molar-refractivity contribution in [2.75, 3.05) is 26.4 Å². The predicted octanol–water partition coefficient (Wildman–Crippen LogP) is 11.3. The molecule has 3 aromatic carbocycles. The topological polar surface area (TPSA) is 110 Å². The van der Waals surface area contributed by atoms with Crippen LogP contribution in [0.5, 0.6) is 0 Å². The second kappa shape index (κ2) is 17.3. The van der Waals surface area contributed by atoms with Crippen LogP contribution in [0.1, 0.15) is 74.1 Å². The number of H-pyrrole nitrogens is 1. The summed E-state index contributed by atoms with van der Waals surface area (Å²) in [5.74, 6) is -0.808. The Labute approximate surface area is 351 Å². The molecule has 4 heterocycles. The van der Waals surface area contributed by atoms with Gasteiger partial charge in [-0.1, -0.05) is 17.7 Å². The van der Waals surface area contributed by atoms with Gasteiger partial charge in [0.25, 0.3) is 10.1 Å². The average Bonchev–Trinajstić information content (AvgIpc) is 4.01. The van der Waals surface area contributed by atoms with E-state index in [1.807, 2.05) is 45.2 Å². The van der Waals surface area contributed by atoms with E-state index in [1.54, 1.807) is 24.3 Å². The second-order valence-corrected chi connectivity index (χ2v) is 18.4. The molecule has 4 aliphatic rings. The summed E-state index contributed by atoms with van der Waals surface area (Å²) in [5.41, 5.74) is 6.78. The van der Waals surface area contributed by atoms with Crippen LogP contribution in [-0.2, 0) is 33.2 Å². The first-order valence-electron chi connectivity index (χ1n) is 19.2. The third kappa shape index (κ3) is 9.19. The number of rotatable bonds is 4. The van der Waals surface area contributed by atoms with Gasteiger partial charge in [-0.2, -0.15) is 8.42 Å². The van der Waals surface area contributed by atoms with Gasteiger partial charge in [0.2, 0.25) is 0 Å². The van der Waals surface area contributed by atoms with Crippen molar-refractivity contribution in [3.8, 4) is 0 Å². The van der Waals surface area contributed by atoms with E-state index in [0.29, 0.717) is 50.6 Å². The highest BCUT2D eigenvalue weighted by Gasteiger charge is 2.42. The minimum absolute atomic E-state index is 0.210. The zero-order valence-electron chi connectivity index (χ0n) is 32.3. The van der Waals surface area contributed by atoms with E-state index >= 15 is 0 Å². The Kier molecular flexibility index (Phi) is 12.7. The molecule has 0 amide bonds. The first-order chi connectivity index (χ1) is 27.3. The molecule has 9 rings (SSSR count). The molecule has 0 unspecified atom stereocenters. The number of benzene rings is 3. The Morgan fingerprint density at radius 2 is 1.28 bits per heavy atom. The van der Waals surface area contributed by atoms with Gasteiger partial charge in [0, 0.05) is 74.9 Å². The quantitative estimate of drug-likeness (QED) is 0.141. The Hall–Kier alpha value is -3.57. The summed E-state index contributed by atoms with van der Waals surface area (Å²) in [5, 5.41) is 2.19. The molecule has 11 nitrogen and oxygen atoms in total. The van der Waals surface area contributed by atoms with E-state index in [9.17, 15) is 8.42 Å². The van der Waals surface area contributed by atoms with Crippen molar-refractivity contribution >= 4 is 75.2 Å². The largest absolute Gasteiger partial charge is 0.360 e. The highest BCUT2D eigenvalue weighted by Crippen LogP contribution is 2.43. The van der Waals surface area contributed by atoms with Crippen molar-refractivity contribution in [2.24, 2.45) is 0 Å². The van der Waals surface area contributed by atoms with Crippen molar-refractivity contribution in [3.63, 3.8) is 0 Å². The molecule has 2 aliphatic carbocycles. The molecule has 0 radical (unpaired) electrons. The van der Waals surface area contributed by atoms with Crippen molar-refractivity contribution in [1.29, 1.82) is 0 Å². The van der Waals surface area contributed by atoms with Crippen molar-refractivity contribution < 1.29 is 31.5 Å². The molecule has 5 aromatic rings. The van der Waals surface area contributed by atoms with Crippen molar-refractivity contribution in [1.82, 2.24) is 9.55 Å². The van der Waals surface area contributed by atoms with Crippen LogP contribution in [0.15, 0.2) is 74.8 Å². The Balaban J connectivity index is 0.000000136. The summed E-state index contributed by atoms with van der Waals surface area (Å²) in [6.45, 7) is 22.8. The maximum atomic E-state index is 12.2. The van der Waals surface area contributed by atoms with Crippen LogP contribution in [0.4, 0.5) is 11.4 Å². The monoisotopic (exact) mass is 920 g/mol. The SMILES string of the molecule is Cc1ccc(S(=O)(=O)OC2CCC3(CC2)OCCO3)cc1.[C-]#[N+]c1cc2c(Br)c[nH]c2cc1C.[C-]#[N+]c1cc2c(Br)cn(C3CCC4(CC3)OCCO4)c2cc1C. The Bertz CT molecular complexity index is 2420. The lowest BCUT2D eigenvalue weighted by Crippen LogP contribution is -2.38. The van der Waals surface area contributed by atoms with Gasteiger partial charge in [-0.3, -0.25) is 4.18 Å². The summed E-state index contributed by atoms with van der Waals surface area (Å²) in [4.78, 5) is 10.4. The van der Waals surface area contributed by atoms with Gasteiger partial charge in [0.15, 0.2) is 22.9 Å². The van der Waals surface area contributed by atoms with Crippen LogP contribution < -0.4 is 0 Å². The van der Waals surface area contributed by atoms with Gasteiger partial charge in [-0.25, -0.2) is 9.69 Å². The number of hydrogen-bond donors (Lipinski definition) is 1. The van der Waals surface area contributed by atoms with Crippen LogP contribution in [0.3, 0.4) is 0 Å². The normalized spacial score (nSPS) is 20.2. The molecule has 57 heavy (non-hydrogen) atoms. The van der Waals surface area contributed by atoms with Crippen molar-refractivity contribution in [3.05, 3.63) is 109 Å². The molecule has 2 aromatic heterocycles. The van der Waals surface area contributed by atoms with Crippen LogP contribution in [0.25, 0.3) is 31.5 Å². The molecular weight excluding hydrogens is 876 g/mol. The van der Waals surface area contributed by atoms with E-state index in [2.05, 4.69) is 63.4 Å². The average molecular weight is 923 g/mol. The lowest BCUT2D eigenvalue weighted by atomic mass is 9.90. The number of aryl methyl sites for hydroxylation is 3. The summed E-state index contributed by atoms with van der Waals surface area (Å²) >= 11 is 7.08. The second-order valence-electron chi connectivity index (χ2n) is 15.1. The summed E-state index contributed by atoms with van der Waals surface area (Å²) in [6, 6.07) is 15.2. The van der Waals surface area contributed by atoms with E-state index in [0.717, 1.165) is 86.5 Å². The zero-order valence-corrected chi connectivity index (χ0v) is 36.3. The number of nitrogens with one attached hydrogen (secondary N) is 1. The fraction of sp³-hybridized carbons (Fsp3) is 0.442. The first kappa shape index (κ1) is 41.6. The Morgan fingerprint density at radius 3 is 1.84 bits per heavy atom. The predicted molar refractivity (Wildman–Crippen MR) is 226 cm³/mol. The fourth-order valence-corrected chi connectivity index (χ4v) is 10.2. The van der Waals surface area contributed by atoms with E-state index in [4.69, 9.17) is 36.3 Å². The highest BCUT2D eigenvalue weighted by molar-refractivity contribution is 9.11. The standard InChI is InChI=1S/C18H19BrN2O2.C15H20O5S.C10H7BrN2/c1-12-9-17-14(10-16(12)20-2)15(19)11-21(17)13-3-5-18(6-4-13)22-7-8-23-18;1-12-2-4-14(5-3-12)21(16,17)20-13-6-8-15(9-7-13)18-10-11-19-15;1-6-3-10-7(4-9(6)12-2)8(11)5-13-10/h9-11,13H,3-8H2,1H3;2-5,13H,6-11H2,1H3;3-5,13H,1H3. The number of hydrogen-bond acceptors (Lipinski definition) is 7. The van der Waals surface area contributed by atoms with Crippen LogP contribution in [-0.4, -0.2) is 62.1 Å². The number of aromatic nitrogens is 2. The third-order valence-corrected chi connectivity index (χ3v) is 14.0. The van der Waals surface area contributed by atoms with Crippen LogP contribution >= 0.6 is 31.9 Å². The number of halogens is 2. The maximum Gasteiger partial charge on any atom is 0.297 e. The minimum Gasteiger partial charge on any atom is -0.360 e. The van der Waals surface area contributed by atoms with Crippen LogP contribution in [0, 0.1) is 33.9 Å². The van der Waals surface area contributed by atoms with Crippen LogP contribution in [0.2, 0.25) is 0 Å². The van der Waals surface area contributed by atoms with Gasteiger partial charge in [-0.15, -0.1) is 0 Å². The lowest BCUT2D eigenvalue weighted by molar-refractivity contribution is -0.185. The van der Waals surface area contributed by atoms with Gasteiger partial charge >= 0.3 is 0 Å². The van der Waals surface area contributed by atoms with Gasteiger partial charge < -0.3 is 28.5 Å². The van der Waals surface area contributed by atoms with Gasteiger partial charge in [-0.05, 0) is 126 Å². The summed E-state index contributed by atoms with van der Waals surface area (Å²) < 4.78 is 57.2. The Morgan fingerprint density at radius 1 is 0.754 bits per heavy atom. The lowest BCUT2D eigenvalue weighted by Gasteiger charge is -2.36.